The van der Waals surface area contributed by atoms with Crippen LogP contribution in [0.1, 0.15) is 0 Å². The van der Waals surface area contributed by atoms with Crippen molar-refractivity contribution in [1.82, 2.24) is 0 Å². The first-order chi connectivity index (χ1) is 3.79. The molecule has 1 nitrogen and oxygen atoms in total. The minimum Gasteiger partial charge on any atom is -0.399 e. The predicted octanol–water partition coefficient (Wildman–Crippen LogP) is 1.54. The van der Waals surface area contributed by atoms with E-state index in [9.17, 15) is 0 Å². The normalized spacial score (nSPS) is 8.11. The molecule has 0 aliphatic heterocycles. The molecule has 0 aliphatic rings. The zero-order valence-corrected chi connectivity index (χ0v) is 5.60. The van der Waals surface area contributed by atoms with Gasteiger partial charge in [-0.05, 0) is 18.2 Å². The molecule has 0 aliphatic carbocycles. The molecule has 0 heterocycles. The zero-order chi connectivity index (χ0) is 5.98. The molecule has 0 saturated heterocycles. The number of hydrogen-bond acceptors (Lipinski definition) is 1. The molecule has 0 aromatic heterocycles. The maximum absolute atomic E-state index is 5.56. The Labute approximate surface area is 61.4 Å². The number of benzene rings is 1. The Morgan fingerprint density at radius 1 is 1.33 bits per heavy atom. The molecular weight excluding hydrogens is 132 g/mol. The van der Waals surface area contributed by atoms with E-state index >= 15 is 0 Å². The summed E-state index contributed by atoms with van der Waals surface area (Å²) in [6, 6.07) is 7.11. The number of nitrogens with two attached hydrogens (primary N) is 1. The molecule has 0 saturated carbocycles. The minimum absolute atomic E-state index is 0. The van der Waals surface area contributed by atoms with Gasteiger partial charge >= 0.3 is 0 Å². The van der Waals surface area contributed by atoms with Gasteiger partial charge in [0.15, 0.2) is 0 Å². The van der Waals surface area contributed by atoms with Gasteiger partial charge in [-0.15, -0.1) is 0 Å². The van der Waals surface area contributed by atoms with Crippen LogP contribution in [-0.2, 0) is 0 Å². The molecule has 3 heteroatoms. The third kappa shape index (κ3) is 2.42. The van der Waals surface area contributed by atoms with E-state index in [4.69, 9.17) is 17.3 Å². The number of hydrogen-bond donors (Lipinski definition) is 1. The lowest BCUT2D eigenvalue weighted by Crippen LogP contribution is -1.80. The molecule has 1 aromatic rings. The molecule has 0 spiro atoms. The average Bonchev–Trinajstić information content (AvgIpc) is 1.64. The molecule has 9 heavy (non-hydrogen) atoms. The summed E-state index contributed by atoms with van der Waals surface area (Å²) >= 11 is 5.56. The number of anilines is 1. The smallest absolute Gasteiger partial charge is 0.0426 e. The van der Waals surface area contributed by atoms with E-state index in [1.807, 2.05) is 6.07 Å². The van der Waals surface area contributed by atoms with Crippen molar-refractivity contribution in [3.05, 3.63) is 29.3 Å². The largest absolute Gasteiger partial charge is 0.399 e. The lowest BCUT2D eigenvalue weighted by molar-refractivity contribution is 1.69. The Bertz CT molecular complexity index is 173. The van der Waals surface area contributed by atoms with Gasteiger partial charge in [-0.1, -0.05) is 17.7 Å². The van der Waals surface area contributed by atoms with E-state index in [-0.39, 0.29) is 8.41 Å². The van der Waals surface area contributed by atoms with Crippen molar-refractivity contribution in [2.24, 2.45) is 0 Å². The maximum atomic E-state index is 5.56. The van der Waals surface area contributed by atoms with Crippen LogP contribution in [0.2, 0.25) is 5.02 Å². The SMILES string of the molecule is Nc1cccc(Cl)c1.[B]. The van der Waals surface area contributed by atoms with Crippen molar-refractivity contribution in [3.63, 3.8) is 0 Å². The highest BCUT2D eigenvalue weighted by Crippen LogP contribution is 2.10. The molecule has 2 N–H and O–H groups in total. The first-order valence-electron chi connectivity index (χ1n) is 2.30. The second-order valence-corrected chi connectivity index (χ2v) is 1.99. The van der Waals surface area contributed by atoms with Crippen molar-refractivity contribution >= 4 is 25.7 Å². The fourth-order valence-corrected chi connectivity index (χ4v) is 0.705. The van der Waals surface area contributed by atoms with Crippen LogP contribution in [0.5, 0.6) is 0 Å². The molecule has 1 rings (SSSR count). The van der Waals surface area contributed by atoms with E-state index in [2.05, 4.69) is 0 Å². The molecule has 0 amide bonds. The Kier molecular flexibility index (Phi) is 3.17. The second kappa shape index (κ2) is 3.41. The van der Waals surface area contributed by atoms with Gasteiger partial charge < -0.3 is 5.73 Å². The first-order valence-corrected chi connectivity index (χ1v) is 2.68. The monoisotopic (exact) mass is 138 g/mol. The topological polar surface area (TPSA) is 26.0 Å². The van der Waals surface area contributed by atoms with E-state index in [1.54, 1.807) is 18.2 Å². The summed E-state index contributed by atoms with van der Waals surface area (Å²) in [5.74, 6) is 0. The molecule has 45 valence electrons. The molecule has 3 radical (unpaired) electrons. The summed E-state index contributed by atoms with van der Waals surface area (Å²) in [6.07, 6.45) is 0. The standard InChI is InChI=1S/C6H6ClN.B/c7-5-2-1-3-6(8)4-5;/h1-4H,8H2;. The molecule has 0 bridgehead atoms. The molecule has 0 unspecified atom stereocenters. The van der Waals surface area contributed by atoms with Crippen LogP contribution < -0.4 is 5.73 Å². The van der Waals surface area contributed by atoms with Gasteiger partial charge in [0.2, 0.25) is 0 Å². The van der Waals surface area contributed by atoms with Crippen LogP contribution in [0, 0.1) is 0 Å². The van der Waals surface area contributed by atoms with Crippen LogP contribution in [0.4, 0.5) is 5.69 Å². The third-order valence-electron chi connectivity index (χ3n) is 0.849. The Balaban J connectivity index is 0.000000640. The van der Waals surface area contributed by atoms with Gasteiger partial charge in [0, 0.05) is 19.1 Å². The van der Waals surface area contributed by atoms with Gasteiger partial charge in [0.1, 0.15) is 0 Å². The second-order valence-electron chi connectivity index (χ2n) is 1.56. The lowest BCUT2D eigenvalue weighted by atomic mass is 10.3. The van der Waals surface area contributed by atoms with E-state index in [0.717, 1.165) is 0 Å². The first kappa shape index (κ1) is 8.37. The van der Waals surface area contributed by atoms with E-state index < -0.39 is 0 Å². The zero-order valence-electron chi connectivity index (χ0n) is 4.84. The number of nitrogen functional groups attached to an aromatic ring is 1. The van der Waals surface area contributed by atoms with Crippen LogP contribution in [0.3, 0.4) is 0 Å². The summed E-state index contributed by atoms with van der Waals surface area (Å²) in [6.45, 7) is 0. The Morgan fingerprint density at radius 3 is 2.33 bits per heavy atom. The molecule has 1 aromatic carbocycles. The highest BCUT2D eigenvalue weighted by molar-refractivity contribution is 6.30. The molecular formula is C6H6BClN. The quantitative estimate of drug-likeness (QED) is 0.427. The van der Waals surface area contributed by atoms with E-state index in [0.29, 0.717) is 10.7 Å². The highest BCUT2D eigenvalue weighted by atomic mass is 35.5. The lowest BCUT2D eigenvalue weighted by Gasteiger charge is -1.89. The summed E-state index contributed by atoms with van der Waals surface area (Å²) in [7, 11) is 0. The van der Waals surface area contributed by atoms with Crippen LogP contribution in [0.15, 0.2) is 24.3 Å². The molecule has 0 fully saturated rings. The van der Waals surface area contributed by atoms with E-state index in [1.165, 1.54) is 0 Å². The van der Waals surface area contributed by atoms with Gasteiger partial charge in [0.25, 0.3) is 0 Å². The number of rotatable bonds is 0. The summed E-state index contributed by atoms with van der Waals surface area (Å²) in [5.41, 5.74) is 6.08. The van der Waals surface area contributed by atoms with Crippen molar-refractivity contribution in [1.29, 1.82) is 0 Å². The van der Waals surface area contributed by atoms with Crippen molar-refractivity contribution in [2.45, 2.75) is 0 Å². The average molecular weight is 138 g/mol. The number of halogens is 1. The van der Waals surface area contributed by atoms with Crippen molar-refractivity contribution in [3.8, 4) is 0 Å². The Morgan fingerprint density at radius 2 is 2.00 bits per heavy atom. The van der Waals surface area contributed by atoms with Gasteiger partial charge in [-0.3, -0.25) is 0 Å². The fourth-order valence-electron chi connectivity index (χ4n) is 0.507. The molecule has 0 atom stereocenters. The minimum atomic E-state index is 0. The van der Waals surface area contributed by atoms with Gasteiger partial charge in [0.05, 0.1) is 0 Å². The predicted molar refractivity (Wildman–Crippen MR) is 41.6 cm³/mol. The summed E-state index contributed by atoms with van der Waals surface area (Å²) in [4.78, 5) is 0. The maximum Gasteiger partial charge on any atom is 0.0426 e. The fraction of sp³-hybridized carbons (Fsp3) is 0. The van der Waals surface area contributed by atoms with Crippen molar-refractivity contribution in [2.75, 3.05) is 5.73 Å². The third-order valence-corrected chi connectivity index (χ3v) is 1.08. The highest BCUT2D eigenvalue weighted by Gasteiger charge is 1.83. The van der Waals surface area contributed by atoms with Gasteiger partial charge in [-0.25, -0.2) is 0 Å². The summed E-state index contributed by atoms with van der Waals surface area (Å²) < 4.78 is 0. The van der Waals surface area contributed by atoms with Gasteiger partial charge in [-0.2, -0.15) is 0 Å². The van der Waals surface area contributed by atoms with Crippen LogP contribution in [0.25, 0.3) is 0 Å². The van der Waals surface area contributed by atoms with Crippen LogP contribution in [-0.4, -0.2) is 8.41 Å². The van der Waals surface area contributed by atoms with Crippen molar-refractivity contribution < 1.29 is 0 Å². The Hall–Kier alpha value is -0.625. The van der Waals surface area contributed by atoms with Crippen LogP contribution >= 0.6 is 11.6 Å². The summed E-state index contributed by atoms with van der Waals surface area (Å²) in [5, 5.41) is 0.685.